The number of hydrogen-bond acceptors (Lipinski definition) is 4. The molecule has 0 fully saturated rings. The van der Waals surface area contributed by atoms with E-state index in [0.29, 0.717) is 5.75 Å². The van der Waals surface area contributed by atoms with Crippen molar-refractivity contribution in [3.63, 3.8) is 0 Å². The summed E-state index contributed by atoms with van der Waals surface area (Å²) in [6.07, 6.45) is -1.79. The van der Waals surface area contributed by atoms with Crippen LogP contribution in [0.5, 0.6) is 5.75 Å². The van der Waals surface area contributed by atoms with Crippen molar-refractivity contribution in [3.8, 4) is 5.75 Å². The van der Waals surface area contributed by atoms with E-state index in [1.165, 1.54) is 0 Å². The molecule has 0 aliphatic carbocycles. The maximum atomic E-state index is 10.3. The largest absolute Gasteiger partial charge is 0.491 e. The number of aliphatic hydroxyl groups is 1. The summed E-state index contributed by atoms with van der Waals surface area (Å²) in [6.45, 7) is 1.86. The van der Waals surface area contributed by atoms with Crippen molar-refractivity contribution in [2.45, 2.75) is 13.0 Å². The minimum atomic E-state index is -0.908. The first-order valence-corrected chi connectivity index (χ1v) is 4.87. The summed E-state index contributed by atoms with van der Waals surface area (Å²) in [6, 6.07) is 7.41. The van der Waals surface area contributed by atoms with Gasteiger partial charge in [-0.2, -0.15) is 0 Å². The Hall–Kier alpha value is -1.75. The quantitative estimate of drug-likeness (QED) is 0.777. The van der Waals surface area contributed by atoms with Crippen LogP contribution < -0.4 is 10.5 Å². The highest BCUT2D eigenvalue weighted by Crippen LogP contribution is 2.11. The second-order valence-corrected chi connectivity index (χ2v) is 3.41. The molecule has 1 atom stereocenters. The van der Waals surface area contributed by atoms with Gasteiger partial charge in [0.2, 0.25) is 0 Å². The van der Waals surface area contributed by atoms with Crippen LogP contribution in [-0.4, -0.2) is 30.5 Å². The molecule has 0 bridgehead atoms. The second-order valence-electron chi connectivity index (χ2n) is 3.41. The molecular formula is C11H15NO4. The van der Waals surface area contributed by atoms with Gasteiger partial charge < -0.3 is 20.3 Å². The third kappa shape index (κ3) is 4.65. The number of aryl methyl sites for hydroxylation is 1. The van der Waals surface area contributed by atoms with Gasteiger partial charge in [-0.25, -0.2) is 4.79 Å². The summed E-state index contributed by atoms with van der Waals surface area (Å²) >= 11 is 0. The number of benzene rings is 1. The second kappa shape index (κ2) is 5.97. The molecule has 0 saturated carbocycles. The number of carbonyl (C=O) groups excluding carboxylic acids is 1. The molecular weight excluding hydrogens is 210 g/mol. The topological polar surface area (TPSA) is 81.8 Å². The average molecular weight is 225 g/mol. The van der Waals surface area contributed by atoms with Crippen molar-refractivity contribution in [1.82, 2.24) is 0 Å². The van der Waals surface area contributed by atoms with Crippen molar-refractivity contribution in [1.29, 1.82) is 0 Å². The summed E-state index contributed by atoms with van der Waals surface area (Å²) in [5.41, 5.74) is 5.88. The number of carbonyl (C=O) groups is 1. The van der Waals surface area contributed by atoms with Crippen molar-refractivity contribution in [2.75, 3.05) is 13.2 Å². The van der Waals surface area contributed by atoms with Crippen LogP contribution in [0, 0.1) is 6.92 Å². The number of nitrogens with two attached hydrogens (primary N) is 1. The van der Waals surface area contributed by atoms with Gasteiger partial charge in [-0.15, -0.1) is 0 Å². The van der Waals surface area contributed by atoms with Crippen LogP contribution >= 0.6 is 0 Å². The van der Waals surface area contributed by atoms with E-state index < -0.39 is 12.2 Å². The van der Waals surface area contributed by atoms with E-state index in [-0.39, 0.29) is 13.2 Å². The summed E-state index contributed by atoms with van der Waals surface area (Å²) in [5.74, 6) is 0.656. The van der Waals surface area contributed by atoms with E-state index in [4.69, 9.17) is 10.5 Å². The fourth-order valence-electron chi connectivity index (χ4n) is 1.05. The van der Waals surface area contributed by atoms with E-state index in [1.807, 2.05) is 19.1 Å². The minimum absolute atomic E-state index is 0.0519. The zero-order chi connectivity index (χ0) is 12.0. The van der Waals surface area contributed by atoms with Crippen molar-refractivity contribution < 1.29 is 19.4 Å². The summed E-state index contributed by atoms with van der Waals surface area (Å²) in [5, 5.41) is 9.36. The Morgan fingerprint density at radius 2 is 2.00 bits per heavy atom. The summed E-state index contributed by atoms with van der Waals surface area (Å²) in [4.78, 5) is 10.3. The first kappa shape index (κ1) is 12.3. The lowest BCUT2D eigenvalue weighted by molar-refractivity contribution is 0.0419. The predicted molar refractivity (Wildman–Crippen MR) is 58.2 cm³/mol. The van der Waals surface area contributed by atoms with Gasteiger partial charge in [0.25, 0.3) is 0 Å². The molecule has 0 radical (unpaired) electrons. The van der Waals surface area contributed by atoms with Crippen LogP contribution in [0.15, 0.2) is 24.3 Å². The fraction of sp³-hybridized carbons (Fsp3) is 0.364. The first-order valence-electron chi connectivity index (χ1n) is 4.87. The highest BCUT2D eigenvalue weighted by atomic mass is 16.6. The van der Waals surface area contributed by atoms with E-state index >= 15 is 0 Å². The lowest BCUT2D eigenvalue weighted by atomic mass is 10.2. The van der Waals surface area contributed by atoms with Crippen LogP contribution in [0.1, 0.15) is 5.56 Å². The van der Waals surface area contributed by atoms with Gasteiger partial charge >= 0.3 is 6.09 Å². The van der Waals surface area contributed by atoms with Gasteiger partial charge in [0.15, 0.2) is 0 Å². The molecule has 0 aliphatic rings. The molecule has 1 aromatic carbocycles. The zero-order valence-corrected chi connectivity index (χ0v) is 9.05. The van der Waals surface area contributed by atoms with Crippen LogP contribution in [-0.2, 0) is 4.74 Å². The molecule has 1 aromatic rings. The number of hydrogen-bond donors (Lipinski definition) is 2. The fourth-order valence-corrected chi connectivity index (χ4v) is 1.05. The first-order chi connectivity index (χ1) is 7.58. The monoisotopic (exact) mass is 225 g/mol. The van der Waals surface area contributed by atoms with Crippen LogP contribution in [0.3, 0.4) is 0 Å². The molecule has 0 aliphatic heterocycles. The Morgan fingerprint density at radius 1 is 1.38 bits per heavy atom. The molecule has 5 heteroatoms. The van der Waals surface area contributed by atoms with Crippen LogP contribution in [0.25, 0.3) is 0 Å². The Balaban J connectivity index is 2.28. The van der Waals surface area contributed by atoms with Crippen molar-refractivity contribution in [2.24, 2.45) is 5.73 Å². The van der Waals surface area contributed by atoms with Crippen molar-refractivity contribution in [3.05, 3.63) is 29.8 Å². The highest BCUT2D eigenvalue weighted by molar-refractivity contribution is 5.64. The maximum absolute atomic E-state index is 10.3. The standard InChI is InChI=1S/C11H15NO4/c1-8-2-4-10(5-3-8)15-6-9(13)7-16-11(12)14/h2-5,9,13H,6-7H2,1H3,(H2,12,14)/t9-/m0/s1. The molecule has 1 rings (SSSR count). The molecule has 5 nitrogen and oxygen atoms in total. The Kier molecular flexibility index (Phi) is 4.60. The third-order valence-corrected chi connectivity index (χ3v) is 1.88. The smallest absolute Gasteiger partial charge is 0.404 e. The van der Waals surface area contributed by atoms with Gasteiger partial charge in [-0.3, -0.25) is 0 Å². The Bertz CT molecular complexity index is 336. The third-order valence-electron chi connectivity index (χ3n) is 1.88. The average Bonchev–Trinajstić information content (AvgIpc) is 2.25. The maximum Gasteiger partial charge on any atom is 0.404 e. The zero-order valence-electron chi connectivity index (χ0n) is 9.05. The number of primary amides is 1. The van der Waals surface area contributed by atoms with Gasteiger partial charge in [0, 0.05) is 0 Å². The normalized spacial score (nSPS) is 11.9. The van der Waals surface area contributed by atoms with Gasteiger partial charge in [-0.1, -0.05) is 17.7 Å². The summed E-state index contributed by atoms with van der Waals surface area (Å²) < 4.78 is 9.69. The van der Waals surface area contributed by atoms with Gasteiger partial charge in [-0.05, 0) is 19.1 Å². The van der Waals surface area contributed by atoms with Gasteiger partial charge in [0.1, 0.15) is 25.1 Å². The molecule has 0 saturated heterocycles. The number of rotatable bonds is 5. The van der Waals surface area contributed by atoms with E-state index in [1.54, 1.807) is 12.1 Å². The Morgan fingerprint density at radius 3 is 2.56 bits per heavy atom. The van der Waals surface area contributed by atoms with Crippen LogP contribution in [0.2, 0.25) is 0 Å². The Labute approximate surface area is 93.8 Å². The molecule has 1 amide bonds. The molecule has 3 N–H and O–H groups in total. The molecule has 16 heavy (non-hydrogen) atoms. The molecule has 0 aromatic heterocycles. The van der Waals surface area contributed by atoms with Crippen molar-refractivity contribution >= 4 is 6.09 Å². The minimum Gasteiger partial charge on any atom is -0.491 e. The molecule has 88 valence electrons. The number of ether oxygens (including phenoxy) is 2. The van der Waals surface area contributed by atoms with Gasteiger partial charge in [0.05, 0.1) is 0 Å². The summed E-state index contributed by atoms with van der Waals surface area (Å²) in [7, 11) is 0. The lowest BCUT2D eigenvalue weighted by Crippen LogP contribution is -2.27. The lowest BCUT2D eigenvalue weighted by Gasteiger charge is -2.11. The SMILES string of the molecule is Cc1ccc(OC[C@H](O)COC(N)=O)cc1. The molecule has 0 heterocycles. The molecule has 0 spiro atoms. The van der Waals surface area contributed by atoms with E-state index in [9.17, 15) is 9.90 Å². The highest BCUT2D eigenvalue weighted by Gasteiger charge is 2.07. The predicted octanol–water partition coefficient (Wildman–Crippen LogP) is 0.830. The van der Waals surface area contributed by atoms with Crippen LogP contribution in [0.4, 0.5) is 4.79 Å². The van der Waals surface area contributed by atoms with E-state index in [0.717, 1.165) is 5.56 Å². The number of amides is 1. The van der Waals surface area contributed by atoms with E-state index in [2.05, 4.69) is 4.74 Å². The number of aliphatic hydroxyl groups excluding tert-OH is 1. The molecule has 0 unspecified atom stereocenters.